The number of ether oxygens (including phenoxy) is 3. The minimum atomic E-state index is 0. The fourth-order valence-electron chi connectivity index (χ4n) is 3.85. The van der Waals surface area contributed by atoms with Gasteiger partial charge < -0.3 is 29.7 Å². The zero-order chi connectivity index (χ0) is 22.8. The van der Waals surface area contributed by atoms with Crippen molar-refractivity contribution in [1.82, 2.24) is 10.6 Å². The third kappa shape index (κ3) is 7.96. The van der Waals surface area contributed by atoms with Crippen molar-refractivity contribution in [3.8, 4) is 11.5 Å². The molecule has 3 rings (SSSR count). The van der Waals surface area contributed by atoms with E-state index in [0.717, 1.165) is 55.7 Å². The number of rotatable bonds is 10. The minimum Gasteiger partial charge on any atom is -0.497 e. The number of methoxy groups -OCH3 is 2. The molecule has 2 N–H and O–H groups in total. The highest BCUT2D eigenvalue weighted by atomic mass is 127. The molecule has 0 aliphatic carbocycles. The van der Waals surface area contributed by atoms with Crippen molar-refractivity contribution in [3.63, 3.8) is 0 Å². The van der Waals surface area contributed by atoms with Gasteiger partial charge in [-0.1, -0.05) is 31.2 Å². The molecule has 1 unspecified atom stereocenters. The van der Waals surface area contributed by atoms with E-state index < -0.39 is 0 Å². The second-order valence-corrected chi connectivity index (χ2v) is 7.89. The van der Waals surface area contributed by atoms with Crippen LogP contribution >= 0.6 is 24.0 Å². The Balaban J connectivity index is 0.00000385. The first-order valence-electron chi connectivity index (χ1n) is 11.3. The van der Waals surface area contributed by atoms with Crippen LogP contribution in [0, 0.1) is 0 Å². The summed E-state index contributed by atoms with van der Waals surface area (Å²) in [6.07, 6.45) is 2.06. The largest absolute Gasteiger partial charge is 0.497 e. The Labute approximate surface area is 214 Å². The van der Waals surface area contributed by atoms with Gasteiger partial charge in [-0.3, -0.25) is 4.99 Å². The minimum absolute atomic E-state index is 0. The molecule has 0 radical (unpaired) electrons. The summed E-state index contributed by atoms with van der Waals surface area (Å²) >= 11 is 0. The summed E-state index contributed by atoms with van der Waals surface area (Å²) in [7, 11) is 5.17. The molecule has 182 valence electrons. The van der Waals surface area contributed by atoms with Crippen LogP contribution in [0.15, 0.2) is 47.5 Å². The van der Waals surface area contributed by atoms with Crippen LogP contribution in [0.5, 0.6) is 11.5 Å². The molecule has 1 atom stereocenters. The number of halogens is 1. The zero-order valence-electron chi connectivity index (χ0n) is 20.1. The van der Waals surface area contributed by atoms with Gasteiger partial charge in [0.15, 0.2) is 5.96 Å². The van der Waals surface area contributed by atoms with Gasteiger partial charge in [0.05, 0.1) is 20.8 Å². The molecule has 1 aliphatic heterocycles. The van der Waals surface area contributed by atoms with Crippen molar-refractivity contribution < 1.29 is 14.2 Å². The molecule has 0 aromatic heterocycles. The number of benzene rings is 2. The molecule has 0 spiro atoms. The van der Waals surface area contributed by atoms with E-state index in [0.29, 0.717) is 19.2 Å². The second-order valence-electron chi connectivity index (χ2n) is 7.89. The SMILES string of the molecule is CCCOCc1ccccc1CNC(=NC)NC1CCN(c2cc(OC)cc(OC)c2)C1.I. The fraction of sp³-hybridized carbons (Fsp3) is 0.480. The van der Waals surface area contributed by atoms with Gasteiger partial charge in [0.1, 0.15) is 11.5 Å². The third-order valence-corrected chi connectivity index (χ3v) is 5.62. The molecule has 0 amide bonds. The standard InChI is InChI=1S/C25H36N4O3.HI/c1-5-12-32-18-20-9-7-6-8-19(20)16-27-25(26-2)28-21-10-11-29(17-21)22-13-23(30-3)15-24(14-22)31-4;/h6-9,13-15,21H,5,10-12,16-18H2,1-4H3,(H2,26,27,28);1H. The zero-order valence-corrected chi connectivity index (χ0v) is 22.4. The van der Waals surface area contributed by atoms with Gasteiger partial charge in [-0.15, -0.1) is 24.0 Å². The van der Waals surface area contributed by atoms with Crippen molar-refractivity contribution in [2.75, 3.05) is 45.9 Å². The first-order chi connectivity index (χ1) is 15.7. The Hall–Kier alpha value is -2.20. The molecule has 1 heterocycles. The summed E-state index contributed by atoms with van der Waals surface area (Å²) < 4.78 is 16.6. The second kappa shape index (κ2) is 14.1. The molecule has 1 aliphatic rings. The predicted octanol–water partition coefficient (Wildman–Crippen LogP) is 4.19. The lowest BCUT2D eigenvalue weighted by Gasteiger charge is -2.21. The van der Waals surface area contributed by atoms with Crippen LogP contribution in [0.1, 0.15) is 30.9 Å². The van der Waals surface area contributed by atoms with Crippen LogP contribution in [0.3, 0.4) is 0 Å². The van der Waals surface area contributed by atoms with E-state index in [1.165, 1.54) is 11.1 Å². The molecule has 33 heavy (non-hydrogen) atoms. The van der Waals surface area contributed by atoms with Crippen molar-refractivity contribution in [2.24, 2.45) is 4.99 Å². The van der Waals surface area contributed by atoms with Gasteiger partial charge in [-0.2, -0.15) is 0 Å². The smallest absolute Gasteiger partial charge is 0.191 e. The van der Waals surface area contributed by atoms with Crippen LogP contribution in [-0.2, 0) is 17.9 Å². The Bertz CT molecular complexity index is 871. The van der Waals surface area contributed by atoms with Crippen LogP contribution < -0.4 is 25.0 Å². The van der Waals surface area contributed by atoms with Crippen molar-refractivity contribution >= 4 is 35.6 Å². The molecule has 0 bridgehead atoms. The van der Waals surface area contributed by atoms with Crippen LogP contribution in [0.4, 0.5) is 5.69 Å². The molecule has 7 nitrogen and oxygen atoms in total. The lowest BCUT2D eigenvalue weighted by atomic mass is 10.1. The molecule has 1 fully saturated rings. The molecule has 2 aromatic rings. The average Bonchev–Trinajstić information content (AvgIpc) is 3.30. The number of aliphatic imine (C=N–C) groups is 1. The number of hydrogen-bond acceptors (Lipinski definition) is 5. The average molecular weight is 569 g/mol. The summed E-state index contributed by atoms with van der Waals surface area (Å²) in [5.74, 6) is 2.41. The number of nitrogens with one attached hydrogen (secondary N) is 2. The van der Waals surface area contributed by atoms with E-state index in [4.69, 9.17) is 14.2 Å². The van der Waals surface area contributed by atoms with Crippen LogP contribution in [0.25, 0.3) is 0 Å². The topological polar surface area (TPSA) is 67.4 Å². The summed E-state index contributed by atoms with van der Waals surface area (Å²) in [5, 5.41) is 7.03. The monoisotopic (exact) mass is 568 g/mol. The van der Waals surface area contributed by atoms with E-state index in [1.807, 2.05) is 13.1 Å². The van der Waals surface area contributed by atoms with Crippen molar-refractivity contribution in [2.45, 2.75) is 39.0 Å². The number of hydrogen-bond donors (Lipinski definition) is 2. The molecule has 2 aromatic carbocycles. The Morgan fingerprint density at radius 2 is 1.79 bits per heavy atom. The highest BCUT2D eigenvalue weighted by Gasteiger charge is 2.24. The quantitative estimate of drug-likeness (QED) is 0.194. The highest BCUT2D eigenvalue weighted by molar-refractivity contribution is 14.0. The number of anilines is 1. The van der Waals surface area contributed by atoms with Gasteiger partial charge in [-0.05, 0) is 24.0 Å². The number of guanidine groups is 1. The van der Waals surface area contributed by atoms with E-state index in [2.05, 4.69) is 63.8 Å². The third-order valence-electron chi connectivity index (χ3n) is 5.62. The van der Waals surface area contributed by atoms with Crippen LogP contribution in [0.2, 0.25) is 0 Å². The molecule has 0 saturated carbocycles. The molecular formula is C25H37IN4O3. The van der Waals surface area contributed by atoms with Crippen LogP contribution in [-0.4, -0.2) is 53.0 Å². The maximum Gasteiger partial charge on any atom is 0.191 e. The summed E-state index contributed by atoms with van der Waals surface area (Å²) in [5.41, 5.74) is 3.54. The van der Waals surface area contributed by atoms with E-state index in [-0.39, 0.29) is 24.0 Å². The lowest BCUT2D eigenvalue weighted by molar-refractivity contribution is 0.121. The fourth-order valence-corrected chi connectivity index (χ4v) is 3.85. The van der Waals surface area contributed by atoms with E-state index in [1.54, 1.807) is 14.2 Å². The Morgan fingerprint density at radius 1 is 1.09 bits per heavy atom. The highest BCUT2D eigenvalue weighted by Crippen LogP contribution is 2.30. The Kier molecular flexibility index (Phi) is 11.6. The van der Waals surface area contributed by atoms with Crippen molar-refractivity contribution in [1.29, 1.82) is 0 Å². The van der Waals surface area contributed by atoms with E-state index >= 15 is 0 Å². The molecule has 8 heteroatoms. The number of nitrogens with zero attached hydrogens (tertiary/aromatic N) is 2. The lowest BCUT2D eigenvalue weighted by Crippen LogP contribution is -2.44. The van der Waals surface area contributed by atoms with Gasteiger partial charge in [0.2, 0.25) is 0 Å². The van der Waals surface area contributed by atoms with Gasteiger partial charge in [0.25, 0.3) is 0 Å². The first kappa shape index (κ1) is 27.0. The van der Waals surface area contributed by atoms with Gasteiger partial charge in [-0.25, -0.2) is 0 Å². The first-order valence-corrected chi connectivity index (χ1v) is 11.3. The maximum absolute atomic E-state index is 5.74. The normalized spacial score (nSPS) is 15.7. The summed E-state index contributed by atoms with van der Waals surface area (Å²) in [4.78, 5) is 6.77. The van der Waals surface area contributed by atoms with Crippen molar-refractivity contribution in [3.05, 3.63) is 53.6 Å². The summed E-state index contributed by atoms with van der Waals surface area (Å²) in [6.45, 7) is 6.09. The predicted molar refractivity (Wildman–Crippen MR) is 145 cm³/mol. The molecular weight excluding hydrogens is 531 g/mol. The Morgan fingerprint density at radius 3 is 2.42 bits per heavy atom. The molecule has 1 saturated heterocycles. The van der Waals surface area contributed by atoms with E-state index in [9.17, 15) is 0 Å². The summed E-state index contributed by atoms with van der Waals surface area (Å²) in [6, 6.07) is 14.7. The maximum atomic E-state index is 5.74. The van der Waals surface area contributed by atoms with Gasteiger partial charge in [0, 0.05) is 63.2 Å². The van der Waals surface area contributed by atoms with Gasteiger partial charge >= 0.3 is 0 Å².